The van der Waals surface area contributed by atoms with Gasteiger partial charge in [-0.3, -0.25) is 4.79 Å². The van der Waals surface area contributed by atoms with Crippen molar-refractivity contribution in [1.82, 2.24) is 19.7 Å². The van der Waals surface area contributed by atoms with Crippen LogP contribution in [-0.4, -0.2) is 44.8 Å². The fraction of sp³-hybridized carbons (Fsp3) is 0.333. The Hall–Kier alpha value is -1.98. The fourth-order valence-corrected chi connectivity index (χ4v) is 3.38. The first-order valence-corrected chi connectivity index (χ1v) is 9.24. The zero-order valence-corrected chi connectivity index (χ0v) is 15.0. The van der Waals surface area contributed by atoms with E-state index in [-0.39, 0.29) is 32.6 Å². The maximum atomic E-state index is 13.0. The van der Waals surface area contributed by atoms with Crippen LogP contribution < -0.4 is 0 Å². The third-order valence-corrected chi connectivity index (χ3v) is 4.70. The molecule has 0 saturated carbocycles. The van der Waals surface area contributed by atoms with Crippen LogP contribution in [0.4, 0.5) is 0 Å². The summed E-state index contributed by atoms with van der Waals surface area (Å²) in [6, 6.07) is 5.57. The normalized spacial score (nSPS) is 13.5. The number of carbonyl (C=O) groups excluding carboxylic acids is 2. The minimum Gasteiger partial charge on any atom is -0.461 e. The smallest absolute Gasteiger partial charge is 0.361 e. The predicted molar refractivity (Wildman–Crippen MR) is 90.6 cm³/mol. The van der Waals surface area contributed by atoms with Gasteiger partial charge < -0.3 is 9.64 Å². The Morgan fingerprint density at radius 2 is 2.08 bits per heavy atom. The Balaban J connectivity index is 1.91. The minimum absolute atomic E-state index is 0.0369. The number of esters is 1. The number of aromatic nitrogens is 3. The van der Waals surface area contributed by atoms with Crippen molar-refractivity contribution in [2.45, 2.75) is 20.0 Å². The van der Waals surface area contributed by atoms with Crippen molar-refractivity contribution >= 4 is 32.2 Å². The lowest BCUT2D eigenvalue weighted by molar-refractivity contribution is 0.0511. The van der Waals surface area contributed by atoms with Gasteiger partial charge in [0.15, 0.2) is 5.69 Å². The van der Waals surface area contributed by atoms with Gasteiger partial charge in [-0.25, -0.2) is 9.25 Å². The Morgan fingerprint density at radius 1 is 1.33 bits per heavy atom. The molecule has 2 aromatic rings. The lowest BCUT2D eigenvalue weighted by atomic mass is 10.1. The van der Waals surface area contributed by atoms with E-state index in [1.807, 2.05) is 18.8 Å². The van der Waals surface area contributed by atoms with Crippen LogP contribution in [0.15, 0.2) is 18.2 Å². The van der Waals surface area contributed by atoms with Crippen molar-refractivity contribution in [3.8, 4) is 0 Å². The molecular weight excluding hydrogens is 351 g/mol. The number of fused-ring (bicyclic) bond motifs is 1. The second-order valence-electron chi connectivity index (χ2n) is 5.22. The maximum absolute atomic E-state index is 13.0. The standard InChI is InChI=1S/C15H16ClN4O3P/c1-3-23-15(22)12-13(20(24-2)18-17-12)14(21)19-7-9-4-5-11(16)6-10(9)8-19/h4-6,24H,3,7-8H2,1-2H3. The van der Waals surface area contributed by atoms with Gasteiger partial charge in [0.2, 0.25) is 5.69 Å². The highest BCUT2D eigenvalue weighted by Crippen LogP contribution is 2.28. The Morgan fingerprint density at radius 3 is 2.79 bits per heavy atom. The monoisotopic (exact) mass is 366 g/mol. The van der Waals surface area contributed by atoms with E-state index in [1.54, 1.807) is 17.9 Å². The SMILES string of the molecule is CCOC(=O)c1nnn(PC)c1C(=O)N1Cc2ccc(Cl)cc2C1. The highest BCUT2D eigenvalue weighted by molar-refractivity contribution is 7.35. The van der Waals surface area contributed by atoms with Crippen molar-refractivity contribution in [2.24, 2.45) is 0 Å². The summed E-state index contributed by atoms with van der Waals surface area (Å²) < 4.78 is 6.43. The predicted octanol–water partition coefficient (Wildman–Crippen LogP) is 2.34. The number of halogens is 1. The van der Waals surface area contributed by atoms with Crippen molar-refractivity contribution in [3.63, 3.8) is 0 Å². The summed E-state index contributed by atoms with van der Waals surface area (Å²) in [6.45, 7) is 4.67. The molecule has 1 aliphatic heterocycles. The second kappa shape index (κ2) is 6.87. The van der Waals surface area contributed by atoms with E-state index >= 15 is 0 Å². The summed E-state index contributed by atoms with van der Waals surface area (Å²) >= 11 is 6.01. The van der Waals surface area contributed by atoms with Gasteiger partial charge >= 0.3 is 5.97 Å². The molecule has 9 heteroatoms. The van der Waals surface area contributed by atoms with Crippen molar-refractivity contribution < 1.29 is 14.3 Å². The first-order valence-electron chi connectivity index (χ1n) is 7.42. The summed E-state index contributed by atoms with van der Waals surface area (Å²) in [6.07, 6.45) is 0. The minimum atomic E-state index is -0.634. The average molecular weight is 367 g/mol. The van der Waals surface area contributed by atoms with E-state index in [4.69, 9.17) is 16.3 Å². The number of nitrogens with zero attached hydrogens (tertiary/aromatic N) is 4. The zero-order chi connectivity index (χ0) is 17.3. The Bertz CT molecular complexity index is 808. The highest BCUT2D eigenvalue weighted by atomic mass is 35.5. The molecule has 0 saturated heterocycles. The van der Waals surface area contributed by atoms with Crippen LogP contribution in [0.2, 0.25) is 5.02 Å². The summed E-state index contributed by atoms with van der Waals surface area (Å²) in [5.74, 6) is -0.921. The molecule has 1 atom stereocenters. The molecular formula is C15H16ClN4O3P. The summed E-state index contributed by atoms with van der Waals surface area (Å²) in [5, 5.41) is 8.38. The molecule has 1 aliphatic rings. The number of hydrogen-bond donors (Lipinski definition) is 0. The third-order valence-electron chi connectivity index (χ3n) is 3.73. The number of carbonyl (C=O) groups is 2. The molecule has 1 aromatic carbocycles. The quantitative estimate of drug-likeness (QED) is 0.613. The molecule has 0 fully saturated rings. The van der Waals surface area contributed by atoms with Crippen LogP contribution in [-0.2, 0) is 17.8 Å². The molecule has 7 nitrogen and oxygen atoms in total. The van der Waals surface area contributed by atoms with Crippen LogP contribution in [0.3, 0.4) is 0 Å². The van der Waals surface area contributed by atoms with Gasteiger partial charge in [0.05, 0.1) is 6.61 Å². The van der Waals surface area contributed by atoms with Crippen molar-refractivity contribution in [1.29, 1.82) is 0 Å². The van der Waals surface area contributed by atoms with E-state index in [1.165, 1.54) is 4.45 Å². The van der Waals surface area contributed by atoms with Crippen molar-refractivity contribution in [3.05, 3.63) is 45.7 Å². The number of rotatable bonds is 4. The van der Waals surface area contributed by atoms with Gasteiger partial charge in [-0.2, -0.15) is 0 Å². The van der Waals surface area contributed by atoms with Gasteiger partial charge in [0.1, 0.15) is 0 Å². The molecule has 1 aromatic heterocycles. The lowest BCUT2D eigenvalue weighted by Gasteiger charge is -2.16. The number of hydrogen-bond acceptors (Lipinski definition) is 5. The first kappa shape index (κ1) is 16.9. The van der Waals surface area contributed by atoms with E-state index in [9.17, 15) is 9.59 Å². The molecule has 0 N–H and O–H groups in total. The molecule has 0 aliphatic carbocycles. The van der Waals surface area contributed by atoms with Gasteiger partial charge in [-0.1, -0.05) is 22.9 Å². The van der Waals surface area contributed by atoms with Crippen LogP contribution in [0.1, 0.15) is 39.0 Å². The van der Waals surface area contributed by atoms with E-state index < -0.39 is 5.97 Å². The highest BCUT2D eigenvalue weighted by Gasteiger charge is 2.32. The summed E-state index contributed by atoms with van der Waals surface area (Å²) in [5.41, 5.74) is 2.19. The Kier molecular flexibility index (Phi) is 4.83. The summed E-state index contributed by atoms with van der Waals surface area (Å²) in [7, 11) is 0.177. The Labute approximate surface area is 145 Å². The topological polar surface area (TPSA) is 77.3 Å². The van der Waals surface area contributed by atoms with Gasteiger partial charge in [0.25, 0.3) is 5.91 Å². The number of ether oxygens (including phenoxy) is 1. The van der Waals surface area contributed by atoms with Gasteiger partial charge in [0, 0.05) is 26.8 Å². The average Bonchev–Trinajstić information content (AvgIpc) is 3.17. The fourth-order valence-electron chi connectivity index (χ4n) is 2.62. The number of benzene rings is 1. The lowest BCUT2D eigenvalue weighted by Crippen LogP contribution is -2.28. The molecule has 3 rings (SSSR count). The molecule has 0 spiro atoms. The van der Waals surface area contributed by atoms with Crippen LogP contribution in [0.5, 0.6) is 0 Å². The van der Waals surface area contributed by atoms with Crippen LogP contribution in [0.25, 0.3) is 0 Å². The second-order valence-corrected chi connectivity index (χ2v) is 6.52. The van der Waals surface area contributed by atoms with E-state index in [0.717, 1.165) is 11.1 Å². The summed E-state index contributed by atoms with van der Waals surface area (Å²) in [4.78, 5) is 26.7. The molecule has 0 radical (unpaired) electrons. The van der Waals surface area contributed by atoms with E-state index in [2.05, 4.69) is 10.3 Å². The maximum Gasteiger partial charge on any atom is 0.361 e. The molecule has 1 amide bonds. The van der Waals surface area contributed by atoms with Crippen molar-refractivity contribution in [2.75, 3.05) is 13.3 Å². The molecule has 1 unspecified atom stereocenters. The van der Waals surface area contributed by atoms with Gasteiger partial charge in [-0.05, 0) is 36.8 Å². The molecule has 24 heavy (non-hydrogen) atoms. The van der Waals surface area contributed by atoms with E-state index in [0.29, 0.717) is 18.1 Å². The number of amides is 1. The van der Waals surface area contributed by atoms with Crippen LogP contribution in [0, 0.1) is 0 Å². The third kappa shape index (κ3) is 3.01. The first-order chi connectivity index (χ1) is 11.5. The molecule has 126 valence electrons. The zero-order valence-electron chi connectivity index (χ0n) is 13.2. The molecule has 2 heterocycles. The van der Waals surface area contributed by atoms with Crippen LogP contribution >= 0.6 is 20.3 Å². The van der Waals surface area contributed by atoms with Gasteiger partial charge in [-0.15, -0.1) is 5.10 Å². The molecule has 0 bridgehead atoms. The largest absolute Gasteiger partial charge is 0.461 e.